The normalized spacial score (nSPS) is 35.3. The van der Waals surface area contributed by atoms with Crippen molar-refractivity contribution in [2.24, 2.45) is 35.0 Å². The van der Waals surface area contributed by atoms with Crippen molar-refractivity contribution >= 4 is 6.29 Å². The van der Waals surface area contributed by atoms with Gasteiger partial charge in [-0.1, -0.05) is 84.0 Å². The van der Waals surface area contributed by atoms with Gasteiger partial charge >= 0.3 is 0 Å². The number of carbonyl (C=O) groups excluding carboxylic acids is 1. The van der Waals surface area contributed by atoms with E-state index in [1.807, 2.05) is 32.2 Å². The molecule has 0 radical (unpaired) electrons. The molecule has 278 valence electrons. The van der Waals surface area contributed by atoms with Crippen LogP contribution in [0.4, 0.5) is 0 Å². The molecule has 0 aromatic heterocycles. The fourth-order valence-electron chi connectivity index (χ4n) is 10.0. The summed E-state index contributed by atoms with van der Waals surface area (Å²) in [5.74, 6) is -0.688. The van der Waals surface area contributed by atoms with Crippen molar-refractivity contribution < 1.29 is 25.2 Å². The Kier molecular flexibility index (Phi) is 13.3. The number of aliphatic hydroxyl groups excluding tert-OH is 3. The quantitative estimate of drug-likeness (QED) is 0.0775. The van der Waals surface area contributed by atoms with E-state index in [1.54, 1.807) is 0 Å². The fraction of sp³-hybridized carbons (Fsp3) is 0.568. The minimum Gasteiger partial charge on any atom is -0.396 e. The van der Waals surface area contributed by atoms with Gasteiger partial charge in [0, 0.05) is 36.4 Å². The maximum Gasteiger partial charge on any atom is 0.145 e. The lowest BCUT2D eigenvalue weighted by molar-refractivity contribution is -0.194. The third-order valence-corrected chi connectivity index (χ3v) is 12.7. The van der Waals surface area contributed by atoms with Gasteiger partial charge in [-0.3, -0.25) is 4.79 Å². The SMILES string of the molecule is C=C(C=CC=C(CO)[C@H]1CC[C@]2([C@@H]1O)[C@H]1C(=C(C)C=O)[C@@H](C=C[C@@H]1CCO)C[C@]2(O)CCNC)[C@@H]1CC=C(C)CN[C@H](C)Cc2cccc(c2)C1. The molecule has 6 N–H and O–H groups in total. The third-order valence-electron chi connectivity index (χ3n) is 12.7. The number of benzene rings is 1. The Balaban J connectivity index is 1.45. The van der Waals surface area contributed by atoms with Crippen molar-refractivity contribution in [2.45, 2.75) is 89.9 Å². The lowest BCUT2D eigenvalue weighted by Gasteiger charge is -2.61. The highest BCUT2D eigenvalue weighted by Crippen LogP contribution is 2.67. The molecule has 7 heteroatoms. The van der Waals surface area contributed by atoms with Crippen molar-refractivity contribution in [3.63, 3.8) is 0 Å². The smallest absolute Gasteiger partial charge is 0.145 e. The zero-order valence-electron chi connectivity index (χ0n) is 31.3. The predicted octanol–water partition coefficient (Wildman–Crippen LogP) is 5.56. The van der Waals surface area contributed by atoms with Gasteiger partial charge in [-0.15, -0.1) is 0 Å². The van der Waals surface area contributed by atoms with Crippen molar-refractivity contribution in [3.8, 4) is 0 Å². The first-order valence-corrected chi connectivity index (χ1v) is 19.2. The summed E-state index contributed by atoms with van der Waals surface area (Å²) in [5.41, 5.74) is 5.17. The van der Waals surface area contributed by atoms with Crippen LogP contribution < -0.4 is 10.6 Å². The summed E-state index contributed by atoms with van der Waals surface area (Å²) in [5, 5.41) is 53.0. The van der Waals surface area contributed by atoms with Crippen LogP contribution in [0.3, 0.4) is 0 Å². The van der Waals surface area contributed by atoms with Gasteiger partial charge in [-0.05, 0) is 126 Å². The number of hydrogen-bond donors (Lipinski definition) is 6. The van der Waals surface area contributed by atoms with Gasteiger partial charge in [0.1, 0.15) is 6.29 Å². The van der Waals surface area contributed by atoms with Gasteiger partial charge in [0.15, 0.2) is 0 Å². The minimum atomic E-state index is -1.21. The number of aliphatic hydroxyl groups is 4. The number of hydrogen-bond acceptors (Lipinski definition) is 7. The second kappa shape index (κ2) is 17.3. The molecular formula is C44H62N2O5. The molecule has 1 spiro atoms. The van der Waals surface area contributed by atoms with Crippen LogP contribution in [0.2, 0.25) is 0 Å². The van der Waals surface area contributed by atoms with Crippen LogP contribution in [0, 0.1) is 35.0 Å². The second-order valence-corrected chi connectivity index (χ2v) is 15.9. The van der Waals surface area contributed by atoms with Crippen molar-refractivity contribution in [1.29, 1.82) is 0 Å². The van der Waals surface area contributed by atoms with Crippen molar-refractivity contribution in [1.82, 2.24) is 10.6 Å². The molecule has 1 aromatic rings. The lowest BCUT2D eigenvalue weighted by Crippen LogP contribution is -2.65. The zero-order valence-corrected chi connectivity index (χ0v) is 31.3. The van der Waals surface area contributed by atoms with Gasteiger partial charge in [0.2, 0.25) is 0 Å². The molecule has 2 fully saturated rings. The maximum atomic E-state index is 12.7. The first-order chi connectivity index (χ1) is 24.5. The molecule has 4 aliphatic rings. The molecular weight excluding hydrogens is 636 g/mol. The summed E-state index contributed by atoms with van der Waals surface area (Å²) < 4.78 is 0. The van der Waals surface area contributed by atoms with E-state index in [-0.39, 0.29) is 42.8 Å². The number of nitrogens with one attached hydrogen (secondary N) is 2. The van der Waals surface area contributed by atoms with Gasteiger partial charge in [-0.25, -0.2) is 0 Å². The summed E-state index contributed by atoms with van der Waals surface area (Å²) in [6.07, 6.45) is 17.7. The molecule has 1 heterocycles. The number of rotatable bonds is 11. The molecule has 5 rings (SSSR count). The maximum absolute atomic E-state index is 12.7. The van der Waals surface area contributed by atoms with E-state index in [2.05, 4.69) is 73.6 Å². The second-order valence-electron chi connectivity index (χ2n) is 15.9. The Morgan fingerprint density at radius 2 is 1.94 bits per heavy atom. The molecule has 9 atom stereocenters. The highest BCUT2D eigenvalue weighted by atomic mass is 16.3. The molecule has 1 aromatic carbocycles. The van der Waals surface area contributed by atoms with Gasteiger partial charge < -0.3 is 31.1 Å². The van der Waals surface area contributed by atoms with E-state index in [9.17, 15) is 25.2 Å². The van der Waals surface area contributed by atoms with Crippen molar-refractivity contribution in [2.75, 3.05) is 33.4 Å². The largest absolute Gasteiger partial charge is 0.396 e. The predicted molar refractivity (Wildman–Crippen MR) is 206 cm³/mol. The lowest BCUT2D eigenvalue weighted by atomic mass is 9.45. The van der Waals surface area contributed by atoms with Crippen LogP contribution in [0.5, 0.6) is 0 Å². The molecule has 51 heavy (non-hydrogen) atoms. The van der Waals surface area contributed by atoms with E-state index in [4.69, 9.17) is 0 Å². The van der Waals surface area contributed by atoms with Crippen LogP contribution in [-0.4, -0.2) is 77.8 Å². The fourth-order valence-corrected chi connectivity index (χ4v) is 10.0. The van der Waals surface area contributed by atoms with Crippen LogP contribution in [0.15, 0.2) is 95.2 Å². The Hall–Kier alpha value is -2.91. The molecule has 7 nitrogen and oxygen atoms in total. The summed E-state index contributed by atoms with van der Waals surface area (Å²) in [7, 11) is 1.87. The number of carbonyl (C=O) groups is 1. The average molecular weight is 699 g/mol. The topological polar surface area (TPSA) is 122 Å². The summed E-state index contributed by atoms with van der Waals surface area (Å²) >= 11 is 0. The first-order valence-electron chi connectivity index (χ1n) is 19.2. The number of fused-ring (bicyclic) bond motifs is 5. The van der Waals surface area contributed by atoms with E-state index in [0.29, 0.717) is 50.3 Å². The Morgan fingerprint density at radius 1 is 1.18 bits per heavy atom. The van der Waals surface area contributed by atoms with Crippen LogP contribution in [0.25, 0.3) is 0 Å². The monoisotopic (exact) mass is 698 g/mol. The van der Waals surface area contributed by atoms with Gasteiger partial charge in [0.05, 0.1) is 18.3 Å². The summed E-state index contributed by atoms with van der Waals surface area (Å²) in [6.45, 7) is 12.0. The highest BCUT2D eigenvalue weighted by Gasteiger charge is 2.68. The molecule has 4 bridgehead atoms. The minimum absolute atomic E-state index is 0.0253. The van der Waals surface area contributed by atoms with E-state index < -0.39 is 17.1 Å². The number of aldehydes is 1. The standard InChI is InChI=1S/C44H62N2O5/c1-29-12-13-36(24-34-10-7-9-33(23-34)22-32(4)46-26-29)30(2)8-6-11-38(28-49)39-16-18-44(42(39)50)41-35(17-21-47)14-15-37(40(41)31(3)27-48)25-43(44,51)19-20-45-5/h6-12,14-15,23,27,32,35-37,39,41-42,45-47,49-51H,2,13,16-22,24-26,28H2,1,3-5H3/t32-,35-,36-,37+,39-,41-,42-,43-,44-/m1/s1. The Bertz CT molecular complexity index is 1560. The average Bonchev–Trinajstić information content (AvgIpc) is 3.46. The van der Waals surface area contributed by atoms with E-state index in [1.165, 1.54) is 16.7 Å². The highest BCUT2D eigenvalue weighted by molar-refractivity contribution is 5.74. The molecule has 1 aliphatic heterocycles. The Labute approximate surface area is 306 Å². The molecule has 3 aliphatic carbocycles. The molecule has 2 saturated carbocycles. The molecule has 0 amide bonds. The van der Waals surface area contributed by atoms with Gasteiger partial charge in [0.25, 0.3) is 0 Å². The first kappa shape index (κ1) is 39.3. The van der Waals surface area contributed by atoms with Gasteiger partial charge in [-0.2, -0.15) is 0 Å². The molecule has 0 unspecified atom stereocenters. The van der Waals surface area contributed by atoms with Crippen LogP contribution >= 0.6 is 0 Å². The van der Waals surface area contributed by atoms with Crippen LogP contribution in [-0.2, 0) is 17.6 Å². The zero-order chi connectivity index (χ0) is 36.8. The molecule has 0 saturated heterocycles. The number of allylic oxidation sites excluding steroid dienone is 9. The van der Waals surface area contributed by atoms with Crippen LogP contribution in [0.1, 0.15) is 70.4 Å². The Morgan fingerprint density at radius 3 is 2.65 bits per heavy atom. The van der Waals surface area contributed by atoms with E-state index >= 15 is 0 Å². The van der Waals surface area contributed by atoms with Crippen molar-refractivity contribution in [3.05, 3.63) is 106 Å². The third kappa shape index (κ3) is 8.19. The summed E-state index contributed by atoms with van der Waals surface area (Å²) in [6, 6.07) is 9.27. The van der Waals surface area contributed by atoms with E-state index in [0.717, 1.165) is 48.8 Å². The summed E-state index contributed by atoms with van der Waals surface area (Å²) in [4.78, 5) is 12.3.